The highest BCUT2D eigenvalue weighted by Gasteiger charge is 2.45. The van der Waals surface area contributed by atoms with E-state index in [1.54, 1.807) is 13.0 Å². The van der Waals surface area contributed by atoms with Gasteiger partial charge in [0.15, 0.2) is 9.84 Å². The number of halogens is 1. The van der Waals surface area contributed by atoms with E-state index >= 15 is 0 Å². The number of fused-ring (bicyclic) bond motifs is 1. The van der Waals surface area contributed by atoms with Crippen molar-refractivity contribution >= 4 is 49.7 Å². The molecule has 1 aromatic heterocycles. The molecule has 1 N–H and O–H groups in total. The fourth-order valence-corrected chi connectivity index (χ4v) is 7.06. The second-order valence-electron chi connectivity index (χ2n) is 7.23. The maximum absolute atomic E-state index is 12.8. The zero-order valence-corrected chi connectivity index (χ0v) is 18.1. The van der Waals surface area contributed by atoms with E-state index in [0.29, 0.717) is 32.4 Å². The van der Waals surface area contributed by atoms with Crippen LogP contribution in [0.4, 0.5) is 5.00 Å². The Kier molecular flexibility index (Phi) is 5.44. The van der Waals surface area contributed by atoms with E-state index in [-0.39, 0.29) is 42.3 Å². The van der Waals surface area contributed by atoms with Crippen LogP contribution in [0.1, 0.15) is 45.6 Å². The SMILES string of the molecule is CCOC(=O)c1c(NC(=O)C2CC2c2ccccc2Cl)sc2c1CCS(=O)(=O)C2. The van der Waals surface area contributed by atoms with Crippen LogP contribution in [0.25, 0.3) is 0 Å². The van der Waals surface area contributed by atoms with E-state index in [0.717, 1.165) is 16.9 Å². The number of thiophene rings is 1. The number of amides is 1. The summed E-state index contributed by atoms with van der Waals surface area (Å²) in [5, 5.41) is 3.87. The molecule has 2 aromatic rings. The van der Waals surface area contributed by atoms with Gasteiger partial charge >= 0.3 is 5.97 Å². The zero-order chi connectivity index (χ0) is 20.8. The van der Waals surface area contributed by atoms with E-state index in [4.69, 9.17) is 16.3 Å². The van der Waals surface area contributed by atoms with Gasteiger partial charge in [-0.1, -0.05) is 29.8 Å². The van der Waals surface area contributed by atoms with Crippen LogP contribution in [0.5, 0.6) is 0 Å². The third-order valence-corrected chi connectivity index (χ3v) is 8.48. The minimum Gasteiger partial charge on any atom is -0.462 e. The van der Waals surface area contributed by atoms with Gasteiger partial charge in [-0.15, -0.1) is 11.3 Å². The van der Waals surface area contributed by atoms with Gasteiger partial charge in [0.05, 0.1) is 23.7 Å². The number of hydrogen-bond donors (Lipinski definition) is 1. The standard InChI is InChI=1S/C20H20ClNO5S2/c1-2-27-20(24)17-12-7-8-29(25,26)10-16(12)28-19(17)22-18(23)14-9-13(14)11-5-3-4-6-15(11)21/h3-6,13-14H,2,7-10H2,1H3,(H,22,23). The van der Waals surface area contributed by atoms with E-state index in [9.17, 15) is 18.0 Å². The maximum atomic E-state index is 12.8. The number of esters is 1. The molecule has 2 unspecified atom stereocenters. The first-order valence-corrected chi connectivity index (χ1v) is 12.4. The molecule has 0 saturated heterocycles. The van der Waals surface area contributed by atoms with E-state index in [1.165, 1.54) is 0 Å². The third kappa shape index (κ3) is 4.06. The highest BCUT2D eigenvalue weighted by molar-refractivity contribution is 7.90. The van der Waals surface area contributed by atoms with Gasteiger partial charge in [0.25, 0.3) is 0 Å². The van der Waals surface area contributed by atoms with Crippen LogP contribution in [0.3, 0.4) is 0 Å². The van der Waals surface area contributed by atoms with Gasteiger partial charge in [0.2, 0.25) is 5.91 Å². The summed E-state index contributed by atoms with van der Waals surface area (Å²) in [4.78, 5) is 26.0. The van der Waals surface area contributed by atoms with Gasteiger partial charge in [0, 0.05) is 15.8 Å². The smallest absolute Gasteiger partial charge is 0.341 e. The van der Waals surface area contributed by atoms with Crippen molar-refractivity contribution in [2.24, 2.45) is 5.92 Å². The molecule has 6 nitrogen and oxygen atoms in total. The summed E-state index contributed by atoms with van der Waals surface area (Å²) in [6, 6.07) is 7.45. The van der Waals surface area contributed by atoms with Crippen LogP contribution in [0, 0.1) is 5.92 Å². The van der Waals surface area contributed by atoms with Crippen LogP contribution < -0.4 is 5.32 Å². The molecule has 2 atom stereocenters. The van der Waals surface area contributed by atoms with Crippen molar-refractivity contribution < 1.29 is 22.7 Å². The maximum Gasteiger partial charge on any atom is 0.341 e. The Balaban J connectivity index is 1.59. The van der Waals surface area contributed by atoms with Crippen LogP contribution in [-0.2, 0) is 31.5 Å². The van der Waals surface area contributed by atoms with Gasteiger partial charge in [-0.25, -0.2) is 13.2 Å². The molecule has 1 saturated carbocycles. The first kappa shape index (κ1) is 20.4. The summed E-state index contributed by atoms with van der Waals surface area (Å²) in [5.41, 5.74) is 1.92. The van der Waals surface area contributed by atoms with E-state index < -0.39 is 15.8 Å². The summed E-state index contributed by atoms with van der Waals surface area (Å²) < 4.78 is 29.1. The van der Waals surface area contributed by atoms with Gasteiger partial charge in [0.1, 0.15) is 5.00 Å². The largest absolute Gasteiger partial charge is 0.462 e. The topological polar surface area (TPSA) is 89.5 Å². The molecule has 1 aliphatic heterocycles. The van der Waals surface area contributed by atoms with Gasteiger partial charge in [-0.05, 0) is 42.9 Å². The average molecular weight is 454 g/mol. The van der Waals surface area contributed by atoms with Gasteiger partial charge in [-0.2, -0.15) is 0 Å². The second kappa shape index (κ2) is 7.74. The zero-order valence-electron chi connectivity index (χ0n) is 15.7. The van der Waals surface area contributed by atoms with Crippen molar-refractivity contribution in [1.29, 1.82) is 0 Å². The molecule has 2 heterocycles. The molecular weight excluding hydrogens is 434 g/mol. The monoisotopic (exact) mass is 453 g/mol. The van der Waals surface area contributed by atoms with Crippen molar-refractivity contribution in [2.75, 3.05) is 17.7 Å². The molecule has 1 amide bonds. The Labute approximate surface area is 178 Å². The van der Waals surface area contributed by atoms with E-state index in [1.807, 2.05) is 18.2 Å². The summed E-state index contributed by atoms with van der Waals surface area (Å²) >= 11 is 7.39. The minimum absolute atomic E-state index is 0.00622. The van der Waals surface area contributed by atoms with Crippen molar-refractivity contribution in [3.63, 3.8) is 0 Å². The Hall–Kier alpha value is -1.90. The second-order valence-corrected chi connectivity index (χ2v) is 10.9. The van der Waals surface area contributed by atoms with Crippen molar-refractivity contribution in [3.05, 3.63) is 50.9 Å². The summed E-state index contributed by atoms with van der Waals surface area (Å²) in [6.07, 6.45) is 0.938. The number of hydrogen-bond acceptors (Lipinski definition) is 6. The summed E-state index contributed by atoms with van der Waals surface area (Å²) in [7, 11) is -3.19. The predicted octanol–water partition coefficient (Wildman–Crippen LogP) is 3.79. The Morgan fingerprint density at radius 2 is 2.07 bits per heavy atom. The molecule has 0 spiro atoms. The van der Waals surface area contributed by atoms with Crippen LogP contribution in [-0.4, -0.2) is 32.7 Å². The molecule has 1 fully saturated rings. The lowest BCUT2D eigenvalue weighted by molar-refractivity contribution is -0.117. The highest BCUT2D eigenvalue weighted by Crippen LogP contribution is 2.50. The Bertz CT molecular complexity index is 1090. The molecule has 9 heteroatoms. The molecule has 1 aromatic carbocycles. The first-order chi connectivity index (χ1) is 13.8. The number of sulfone groups is 1. The fraction of sp³-hybridized carbons (Fsp3) is 0.400. The predicted molar refractivity (Wildman–Crippen MR) is 112 cm³/mol. The lowest BCUT2D eigenvalue weighted by Gasteiger charge is -2.13. The number of nitrogens with one attached hydrogen (secondary N) is 1. The normalized spacial score (nSPS) is 21.9. The van der Waals surface area contributed by atoms with Gasteiger partial charge < -0.3 is 10.1 Å². The van der Waals surface area contributed by atoms with Crippen molar-refractivity contribution in [2.45, 2.75) is 31.4 Å². The van der Waals surface area contributed by atoms with Crippen LogP contribution in [0.15, 0.2) is 24.3 Å². The number of anilines is 1. The molecule has 29 heavy (non-hydrogen) atoms. The van der Waals surface area contributed by atoms with E-state index in [2.05, 4.69) is 5.32 Å². The summed E-state index contributed by atoms with van der Waals surface area (Å²) in [6.45, 7) is 1.91. The van der Waals surface area contributed by atoms with Gasteiger partial charge in [-0.3, -0.25) is 4.79 Å². The third-order valence-electron chi connectivity index (χ3n) is 5.25. The number of benzene rings is 1. The number of ether oxygens (including phenoxy) is 1. The number of carbonyl (C=O) groups excluding carboxylic acids is 2. The molecule has 1 aliphatic carbocycles. The number of rotatable bonds is 5. The molecule has 0 bridgehead atoms. The van der Waals surface area contributed by atoms with Crippen molar-refractivity contribution in [1.82, 2.24) is 0 Å². The minimum atomic E-state index is -3.19. The van der Waals surface area contributed by atoms with Crippen molar-refractivity contribution in [3.8, 4) is 0 Å². The lowest BCUT2D eigenvalue weighted by atomic mass is 10.1. The summed E-state index contributed by atoms with van der Waals surface area (Å²) in [5.74, 6) is -1.02. The highest BCUT2D eigenvalue weighted by atomic mass is 35.5. The van der Waals surface area contributed by atoms with Crippen LogP contribution >= 0.6 is 22.9 Å². The molecule has 154 valence electrons. The molecular formula is C20H20ClNO5S2. The molecule has 0 radical (unpaired) electrons. The fourth-order valence-electron chi connectivity index (χ4n) is 3.74. The quantitative estimate of drug-likeness (QED) is 0.695. The number of carbonyl (C=O) groups is 2. The van der Waals surface area contributed by atoms with Crippen LogP contribution in [0.2, 0.25) is 5.02 Å². The Morgan fingerprint density at radius 3 is 2.79 bits per heavy atom. The molecule has 4 rings (SSSR count). The average Bonchev–Trinajstić information content (AvgIpc) is 3.37. The lowest BCUT2D eigenvalue weighted by Crippen LogP contribution is -2.20. The first-order valence-electron chi connectivity index (χ1n) is 9.38. The molecule has 2 aliphatic rings. The Morgan fingerprint density at radius 1 is 1.31 bits per heavy atom.